The molecule has 1 aromatic carbocycles. The molecule has 1 N–H and O–H groups in total. The first-order valence-corrected chi connectivity index (χ1v) is 8.25. The molecule has 1 unspecified atom stereocenters. The van der Waals surface area contributed by atoms with Crippen molar-refractivity contribution in [3.05, 3.63) is 54.5 Å². The number of nitrogens with one attached hydrogen (secondary N) is 1. The lowest BCUT2D eigenvalue weighted by Crippen LogP contribution is -2.18. The summed E-state index contributed by atoms with van der Waals surface area (Å²) in [7, 11) is 0. The molecule has 0 aliphatic carbocycles. The lowest BCUT2D eigenvalue weighted by Gasteiger charge is -2.14. The number of nitrogens with zero attached hydrogens (tertiary/aromatic N) is 3. The lowest BCUT2D eigenvalue weighted by atomic mass is 10.2. The van der Waals surface area contributed by atoms with Crippen LogP contribution >= 0.6 is 0 Å². The van der Waals surface area contributed by atoms with Gasteiger partial charge in [-0.3, -0.25) is 4.79 Å². The van der Waals surface area contributed by atoms with Crippen molar-refractivity contribution in [1.82, 2.24) is 14.6 Å². The monoisotopic (exact) mass is 338 g/mol. The van der Waals surface area contributed by atoms with Crippen LogP contribution in [0.15, 0.2) is 48.8 Å². The highest BCUT2D eigenvalue weighted by atomic mass is 16.5. The highest BCUT2D eigenvalue weighted by Gasteiger charge is 2.18. The zero-order valence-corrected chi connectivity index (χ0v) is 13.6. The van der Waals surface area contributed by atoms with Crippen LogP contribution in [-0.4, -0.2) is 39.8 Å². The molecule has 3 heterocycles. The van der Waals surface area contributed by atoms with Gasteiger partial charge in [0.1, 0.15) is 12.4 Å². The largest absolute Gasteiger partial charge is 0.489 e. The summed E-state index contributed by atoms with van der Waals surface area (Å²) in [4.78, 5) is 16.7. The molecule has 1 aliphatic heterocycles. The van der Waals surface area contributed by atoms with Crippen molar-refractivity contribution in [2.75, 3.05) is 18.5 Å². The van der Waals surface area contributed by atoms with Crippen molar-refractivity contribution in [1.29, 1.82) is 0 Å². The standard InChI is InChI=1S/C18H18N4O3/c23-18(15-11-17-19-8-4-9-22(17)21-15)20-14-6-1-2-7-16(14)25-12-13-5-3-10-24-13/h1-2,4,6-9,11,13H,3,5,10,12H2,(H,20,23). The van der Waals surface area contributed by atoms with Crippen molar-refractivity contribution in [3.8, 4) is 5.75 Å². The molecule has 0 bridgehead atoms. The molecule has 128 valence electrons. The van der Waals surface area contributed by atoms with E-state index in [1.54, 1.807) is 35.1 Å². The van der Waals surface area contributed by atoms with E-state index in [0.29, 0.717) is 29.4 Å². The number of fused-ring (bicyclic) bond motifs is 1. The summed E-state index contributed by atoms with van der Waals surface area (Å²) in [6.07, 6.45) is 5.59. The summed E-state index contributed by atoms with van der Waals surface area (Å²) in [5, 5.41) is 7.08. The number of carbonyl (C=O) groups excluding carboxylic acids is 1. The molecule has 7 nitrogen and oxygen atoms in total. The van der Waals surface area contributed by atoms with Gasteiger partial charge in [-0.2, -0.15) is 5.10 Å². The van der Waals surface area contributed by atoms with Gasteiger partial charge in [0.15, 0.2) is 11.3 Å². The average molecular weight is 338 g/mol. The van der Waals surface area contributed by atoms with E-state index in [9.17, 15) is 4.79 Å². The van der Waals surface area contributed by atoms with E-state index in [-0.39, 0.29) is 12.0 Å². The number of anilines is 1. The Morgan fingerprint density at radius 1 is 1.36 bits per heavy atom. The van der Waals surface area contributed by atoms with Gasteiger partial charge < -0.3 is 14.8 Å². The maximum Gasteiger partial charge on any atom is 0.276 e. The molecule has 1 aliphatic rings. The van der Waals surface area contributed by atoms with Crippen LogP contribution in [0, 0.1) is 0 Å². The van der Waals surface area contributed by atoms with Crippen molar-refractivity contribution in [2.45, 2.75) is 18.9 Å². The Hall–Kier alpha value is -2.93. The molecule has 25 heavy (non-hydrogen) atoms. The van der Waals surface area contributed by atoms with Crippen LogP contribution in [0.1, 0.15) is 23.3 Å². The molecule has 1 saturated heterocycles. The number of amides is 1. The number of rotatable bonds is 5. The first-order chi connectivity index (χ1) is 12.3. The van der Waals surface area contributed by atoms with Crippen LogP contribution in [0.4, 0.5) is 5.69 Å². The van der Waals surface area contributed by atoms with Crippen molar-refractivity contribution in [2.24, 2.45) is 0 Å². The predicted octanol–water partition coefficient (Wildman–Crippen LogP) is 2.54. The molecule has 4 rings (SSSR count). The number of benzene rings is 1. The third kappa shape index (κ3) is 3.46. The predicted molar refractivity (Wildman–Crippen MR) is 91.9 cm³/mol. The molecule has 0 saturated carbocycles. The summed E-state index contributed by atoms with van der Waals surface area (Å²) < 4.78 is 13.0. The van der Waals surface area contributed by atoms with Gasteiger partial charge in [-0.05, 0) is 31.0 Å². The van der Waals surface area contributed by atoms with Crippen LogP contribution in [0.3, 0.4) is 0 Å². The minimum Gasteiger partial charge on any atom is -0.489 e. The molecule has 2 aromatic heterocycles. The van der Waals surface area contributed by atoms with Gasteiger partial charge in [-0.1, -0.05) is 12.1 Å². The lowest BCUT2D eigenvalue weighted by molar-refractivity contribution is 0.0682. The number of hydrogen-bond donors (Lipinski definition) is 1. The highest BCUT2D eigenvalue weighted by molar-refractivity contribution is 6.04. The summed E-state index contributed by atoms with van der Waals surface area (Å²) in [6.45, 7) is 1.26. The number of para-hydroxylation sites is 2. The summed E-state index contributed by atoms with van der Waals surface area (Å²) in [6, 6.07) is 10.8. The topological polar surface area (TPSA) is 77.8 Å². The Morgan fingerprint density at radius 3 is 3.12 bits per heavy atom. The van der Waals surface area contributed by atoms with Gasteiger partial charge in [0, 0.05) is 25.1 Å². The van der Waals surface area contributed by atoms with E-state index in [1.807, 2.05) is 18.2 Å². The molecule has 1 amide bonds. The Kier molecular flexibility index (Phi) is 4.30. The molecule has 7 heteroatoms. The summed E-state index contributed by atoms with van der Waals surface area (Å²) in [5.41, 5.74) is 1.53. The van der Waals surface area contributed by atoms with Crippen LogP contribution in [0.25, 0.3) is 5.65 Å². The third-order valence-corrected chi connectivity index (χ3v) is 4.05. The Labute approximate surface area is 144 Å². The van der Waals surface area contributed by atoms with E-state index < -0.39 is 0 Å². The zero-order valence-electron chi connectivity index (χ0n) is 13.6. The van der Waals surface area contributed by atoms with Crippen molar-refractivity contribution in [3.63, 3.8) is 0 Å². The minimum absolute atomic E-state index is 0.119. The Balaban J connectivity index is 1.48. The normalized spacial score (nSPS) is 16.9. The maximum absolute atomic E-state index is 12.5. The second-order valence-corrected chi connectivity index (χ2v) is 5.85. The first kappa shape index (κ1) is 15.6. The number of carbonyl (C=O) groups is 1. The van der Waals surface area contributed by atoms with Gasteiger partial charge in [0.05, 0.1) is 11.8 Å². The fraction of sp³-hybridized carbons (Fsp3) is 0.278. The molecular formula is C18H18N4O3. The zero-order chi connectivity index (χ0) is 17.1. The van der Waals surface area contributed by atoms with E-state index in [1.165, 1.54) is 0 Å². The van der Waals surface area contributed by atoms with Gasteiger partial charge in [-0.25, -0.2) is 9.50 Å². The maximum atomic E-state index is 12.5. The molecular weight excluding hydrogens is 320 g/mol. The van der Waals surface area contributed by atoms with E-state index in [0.717, 1.165) is 19.4 Å². The SMILES string of the molecule is O=C(Nc1ccccc1OCC1CCCO1)c1cc2ncccn2n1. The van der Waals surface area contributed by atoms with Crippen LogP contribution in [0.2, 0.25) is 0 Å². The average Bonchev–Trinajstić information content (AvgIpc) is 3.30. The number of hydrogen-bond acceptors (Lipinski definition) is 5. The number of aromatic nitrogens is 3. The van der Waals surface area contributed by atoms with E-state index in [4.69, 9.17) is 9.47 Å². The molecule has 0 radical (unpaired) electrons. The van der Waals surface area contributed by atoms with Crippen molar-refractivity contribution < 1.29 is 14.3 Å². The van der Waals surface area contributed by atoms with Crippen LogP contribution in [0.5, 0.6) is 5.75 Å². The molecule has 3 aromatic rings. The number of ether oxygens (including phenoxy) is 2. The molecule has 1 fully saturated rings. The molecule has 1 atom stereocenters. The summed E-state index contributed by atoms with van der Waals surface area (Å²) in [5.74, 6) is 0.312. The van der Waals surface area contributed by atoms with Gasteiger partial charge >= 0.3 is 0 Å². The van der Waals surface area contributed by atoms with Crippen molar-refractivity contribution >= 4 is 17.2 Å². The minimum atomic E-state index is -0.307. The van der Waals surface area contributed by atoms with Crippen LogP contribution in [-0.2, 0) is 4.74 Å². The van der Waals surface area contributed by atoms with E-state index in [2.05, 4.69) is 15.4 Å². The smallest absolute Gasteiger partial charge is 0.276 e. The second kappa shape index (κ2) is 6.90. The Morgan fingerprint density at radius 2 is 2.28 bits per heavy atom. The fourth-order valence-electron chi connectivity index (χ4n) is 2.78. The van der Waals surface area contributed by atoms with Gasteiger partial charge in [0.2, 0.25) is 0 Å². The second-order valence-electron chi connectivity index (χ2n) is 5.85. The first-order valence-electron chi connectivity index (χ1n) is 8.25. The fourth-order valence-corrected chi connectivity index (χ4v) is 2.78. The quantitative estimate of drug-likeness (QED) is 0.773. The summed E-state index contributed by atoms with van der Waals surface area (Å²) >= 11 is 0. The van der Waals surface area contributed by atoms with E-state index >= 15 is 0 Å². The highest BCUT2D eigenvalue weighted by Crippen LogP contribution is 2.25. The van der Waals surface area contributed by atoms with Gasteiger partial charge in [0.25, 0.3) is 5.91 Å². The van der Waals surface area contributed by atoms with Gasteiger partial charge in [-0.15, -0.1) is 0 Å². The molecule has 0 spiro atoms. The Bertz CT molecular complexity index is 854. The third-order valence-electron chi connectivity index (χ3n) is 4.05. The van der Waals surface area contributed by atoms with Crippen LogP contribution < -0.4 is 10.1 Å².